The highest BCUT2D eigenvalue weighted by molar-refractivity contribution is 6.31. The van der Waals surface area contributed by atoms with Crippen molar-refractivity contribution in [1.82, 2.24) is 0 Å². The van der Waals surface area contributed by atoms with Gasteiger partial charge in [0.25, 0.3) is 5.91 Å². The van der Waals surface area contributed by atoms with E-state index in [-0.39, 0.29) is 6.61 Å². The van der Waals surface area contributed by atoms with Crippen LogP contribution in [0.3, 0.4) is 0 Å². The van der Waals surface area contributed by atoms with Crippen LogP contribution in [0.1, 0.15) is 11.1 Å². The second-order valence-corrected chi connectivity index (χ2v) is 5.18. The second kappa shape index (κ2) is 8.67. The molecule has 0 aliphatic heterocycles. The van der Waals surface area contributed by atoms with E-state index in [4.69, 9.17) is 9.57 Å². The van der Waals surface area contributed by atoms with E-state index in [1.54, 1.807) is 6.07 Å². The van der Waals surface area contributed by atoms with Crippen LogP contribution in [0.4, 0.5) is 10.1 Å². The molecule has 0 fully saturated rings. The van der Waals surface area contributed by atoms with E-state index >= 15 is 0 Å². The zero-order valence-electron chi connectivity index (χ0n) is 13.6. The van der Waals surface area contributed by atoms with Crippen molar-refractivity contribution in [2.75, 3.05) is 18.5 Å². The Hall–Kier alpha value is -2.89. The van der Waals surface area contributed by atoms with Gasteiger partial charge in [0.15, 0.2) is 6.61 Å². The average molecular weight is 330 g/mol. The van der Waals surface area contributed by atoms with Gasteiger partial charge in [-0.3, -0.25) is 4.79 Å². The number of nitrogens with one attached hydrogen (secondary N) is 1. The van der Waals surface area contributed by atoms with E-state index in [0.29, 0.717) is 12.3 Å². The van der Waals surface area contributed by atoms with Crippen molar-refractivity contribution in [3.8, 4) is 5.75 Å². The number of carbonyl (C=O) groups is 1. The summed E-state index contributed by atoms with van der Waals surface area (Å²) in [5, 5.41) is 6.02. The normalized spacial score (nSPS) is 10.6. The van der Waals surface area contributed by atoms with Crippen LogP contribution in [0, 0.1) is 19.7 Å². The van der Waals surface area contributed by atoms with Crippen molar-refractivity contribution in [3.05, 3.63) is 59.4 Å². The number of amides is 1. The average Bonchev–Trinajstić information content (AvgIpc) is 2.54. The van der Waals surface area contributed by atoms with Gasteiger partial charge in [-0.25, -0.2) is 4.39 Å². The molecule has 0 aliphatic rings. The number of anilines is 1. The summed E-state index contributed by atoms with van der Waals surface area (Å²) in [6, 6.07) is 11.5. The lowest BCUT2D eigenvalue weighted by Gasteiger charge is -2.09. The lowest BCUT2D eigenvalue weighted by atomic mass is 10.1. The van der Waals surface area contributed by atoms with Gasteiger partial charge < -0.3 is 14.9 Å². The van der Waals surface area contributed by atoms with Crippen LogP contribution in [-0.4, -0.2) is 25.3 Å². The molecule has 6 heteroatoms. The summed E-state index contributed by atoms with van der Waals surface area (Å²) in [5.74, 6) is -0.132. The predicted octanol–water partition coefficient (Wildman–Crippen LogP) is 3.46. The van der Waals surface area contributed by atoms with Gasteiger partial charge in [-0.1, -0.05) is 23.4 Å². The highest BCUT2D eigenvalue weighted by atomic mass is 19.1. The molecule has 24 heavy (non-hydrogen) atoms. The summed E-state index contributed by atoms with van der Waals surface area (Å²) < 4.78 is 18.6. The Bertz CT molecular complexity index is 732. The van der Waals surface area contributed by atoms with Crippen LogP contribution in [0.15, 0.2) is 47.6 Å². The Labute approximate surface area is 140 Å². The van der Waals surface area contributed by atoms with Gasteiger partial charge in [-0.05, 0) is 49.2 Å². The molecule has 2 aromatic rings. The maximum atomic E-state index is 13.0. The van der Waals surface area contributed by atoms with Crippen molar-refractivity contribution in [1.29, 1.82) is 0 Å². The molecular weight excluding hydrogens is 311 g/mol. The minimum Gasteiger partial charge on any atom is -0.490 e. The highest BCUT2D eigenvalue weighted by Gasteiger charge is 2.01. The van der Waals surface area contributed by atoms with Crippen LogP contribution in [0.2, 0.25) is 0 Å². The number of benzene rings is 2. The SMILES string of the molecule is Cc1ccc(C)c(OCCO/N=C/C(=O)Nc2cccc(F)c2)c1. The Balaban J connectivity index is 1.69. The third kappa shape index (κ3) is 5.72. The summed E-state index contributed by atoms with van der Waals surface area (Å²) in [6.45, 7) is 4.47. The quantitative estimate of drug-likeness (QED) is 0.480. The molecule has 0 radical (unpaired) electrons. The number of carbonyl (C=O) groups excluding carboxylic acids is 1. The maximum absolute atomic E-state index is 13.0. The minimum absolute atomic E-state index is 0.205. The number of ether oxygens (including phenoxy) is 1. The van der Waals surface area contributed by atoms with Gasteiger partial charge in [0.05, 0.1) is 0 Å². The number of nitrogens with zero attached hydrogens (tertiary/aromatic N) is 1. The van der Waals surface area contributed by atoms with E-state index in [2.05, 4.69) is 10.5 Å². The molecule has 126 valence electrons. The molecule has 1 amide bonds. The largest absolute Gasteiger partial charge is 0.490 e. The molecule has 0 aromatic heterocycles. The predicted molar refractivity (Wildman–Crippen MR) is 90.9 cm³/mol. The van der Waals surface area contributed by atoms with Gasteiger partial charge in [0.2, 0.25) is 0 Å². The van der Waals surface area contributed by atoms with Gasteiger partial charge in [-0.2, -0.15) is 0 Å². The van der Waals surface area contributed by atoms with Crippen LogP contribution >= 0.6 is 0 Å². The first-order valence-corrected chi connectivity index (χ1v) is 7.46. The first kappa shape index (κ1) is 17.5. The van der Waals surface area contributed by atoms with Gasteiger partial charge in [0.1, 0.15) is 24.4 Å². The fraction of sp³-hybridized carbons (Fsp3) is 0.222. The molecule has 0 unspecified atom stereocenters. The number of hydrogen-bond donors (Lipinski definition) is 1. The van der Waals surface area contributed by atoms with Crippen LogP contribution in [0.5, 0.6) is 5.75 Å². The minimum atomic E-state index is -0.504. The summed E-state index contributed by atoms with van der Waals surface area (Å²) in [7, 11) is 0. The Morgan fingerprint density at radius 3 is 2.83 bits per heavy atom. The first-order valence-electron chi connectivity index (χ1n) is 7.46. The van der Waals surface area contributed by atoms with Crippen molar-refractivity contribution >= 4 is 17.8 Å². The van der Waals surface area contributed by atoms with E-state index in [9.17, 15) is 9.18 Å². The van der Waals surface area contributed by atoms with Crippen LogP contribution < -0.4 is 10.1 Å². The van der Waals surface area contributed by atoms with Crippen LogP contribution in [-0.2, 0) is 9.63 Å². The smallest absolute Gasteiger partial charge is 0.270 e. The maximum Gasteiger partial charge on any atom is 0.270 e. The molecular formula is C18H19FN2O3. The fourth-order valence-electron chi connectivity index (χ4n) is 1.93. The lowest BCUT2D eigenvalue weighted by molar-refractivity contribution is -0.110. The standard InChI is InChI=1S/C18H19FN2O3/c1-13-6-7-14(2)17(10-13)23-8-9-24-20-12-18(22)21-16-5-3-4-15(19)11-16/h3-7,10-12H,8-9H2,1-2H3,(H,21,22)/b20-12+. The summed E-state index contributed by atoms with van der Waals surface area (Å²) in [4.78, 5) is 16.5. The van der Waals surface area contributed by atoms with Gasteiger partial charge in [-0.15, -0.1) is 0 Å². The molecule has 0 aliphatic carbocycles. The van der Waals surface area contributed by atoms with Crippen LogP contribution in [0.25, 0.3) is 0 Å². The first-order chi connectivity index (χ1) is 11.5. The molecule has 0 heterocycles. The third-order valence-electron chi connectivity index (χ3n) is 3.11. The molecule has 1 N–H and O–H groups in total. The summed E-state index contributed by atoms with van der Waals surface area (Å²) in [5.41, 5.74) is 2.51. The highest BCUT2D eigenvalue weighted by Crippen LogP contribution is 2.18. The molecule has 0 atom stereocenters. The van der Waals surface area contributed by atoms with Crippen molar-refractivity contribution in [2.45, 2.75) is 13.8 Å². The van der Waals surface area contributed by atoms with Gasteiger partial charge >= 0.3 is 0 Å². The number of rotatable bonds is 7. The fourth-order valence-corrected chi connectivity index (χ4v) is 1.93. The van der Waals surface area contributed by atoms with E-state index < -0.39 is 11.7 Å². The van der Waals surface area contributed by atoms with Crippen molar-refractivity contribution in [2.24, 2.45) is 5.16 Å². The zero-order valence-corrected chi connectivity index (χ0v) is 13.6. The molecule has 0 bridgehead atoms. The Morgan fingerprint density at radius 2 is 2.04 bits per heavy atom. The molecule has 0 saturated carbocycles. The van der Waals surface area contributed by atoms with E-state index in [1.165, 1.54) is 18.2 Å². The Morgan fingerprint density at radius 1 is 1.21 bits per heavy atom. The van der Waals surface area contributed by atoms with E-state index in [0.717, 1.165) is 23.1 Å². The molecule has 2 aromatic carbocycles. The lowest BCUT2D eigenvalue weighted by Crippen LogP contribution is -2.13. The monoisotopic (exact) mass is 330 g/mol. The summed E-state index contributed by atoms with van der Waals surface area (Å²) in [6.07, 6.45) is 0.989. The number of aryl methyl sites for hydroxylation is 2. The Kier molecular flexibility index (Phi) is 6.31. The molecule has 0 saturated heterocycles. The third-order valence-corrected chi connectivity index (χ3v) is 3.11. The zero-order chi connectivity index (χ0) is 17.4. The molecule has 5 nitrogen and oxygen atoms in total. The number of hydrogen-bond acceptors (Lipinski definition) is 4. The van der Waals surface area contributed by atoms with Gasteiger partial charge in [0, 0.05) is 5.69 Å². The van der Waals surface area contributed by atoms with E-state index in [1.807, 2.05) is 32.0 Å². The molecule has 0 spiro atoms. The number of halogens is 1. The second-order valence-electron chi connectivity index (χ2n) is 5.18. The summed E-state index contributed by atoms with van der Waals surface area (Å²) >= 11 is 0. The molecule has 2 rings (SSSR count). The van der Waals surface area contributed by atoms with Crippen molar-refractivity contribution in [3.63, 3.8) is 0 Å². The topological polar surface area (TPSA) is 59.9 Å². The number of oxime groups is 1. The van der Waals surface area contributed by atoms with Crippen molar-refractivity contribution < 1.29 is 18.8 Å².